The third-order valence-electron chi connectivity index (χ3n) is 5.36. The Morgan fingerprint density at radius 2 is 1.53 bits per heavy atom. The van der Waals surface area contributed by atoms with E-state index in [0.29, 0.717) is 6.10 Å². The molecule has 0 heterocycles. The van der Waals surface area contributed by atoms with E-state index in [0.717, 1.165) is 36.8 Å². The lowest BCUT2D eigenvalue weighted by atomic mass is 9.55. The van der Waals surface area contributed by atoms with E-state index in [2.05, 4.69) is 13.8 Å². The van der Waals surface area contributed by atoms with E-state index in [1.54, 1.807) is 0 Å². The zero-order valence-corrected chi connectivity index (χ0v) is 11.3. The van der Waals surface area contributed by atoms with Crippen molar-refractivity contribution in [2.24, 2.45) is 34.8 Å². The first-order valence-corrected chi connectivity index (χ1v) is 7.39. The van der Waals surface area contributed by atoms with Gasteiger partial charge < -0.3 is 10.5 Å². The Balaban J connectivity index is 1.61. The molecule has 98 valence electrons. The summed E-state index contributed by atoms with van der Waals surface area (Å²) in [6, 6.07) is 0. The zero-order valence-electron chi connectivity index (χ0n) is 11.3. The molecule has 0 amide bonds. The topological polar surface area (TPSA) is 35.2 Å². The van der Waals surface area contributed by atoms with Crippen molar-refractivity contribution < 1.29 is 4.74 Å². The summed E-state index contributed by atoms with van der Waals surface area (Å²) < 4.78 is 6.29. The molecule has 0 aliphatic heterocycles. The van der Waals surface area contributed by atoms with Crippen LogP contribution >= 0.6 is 0 Å². The summed E-state index contributed by atoms with van der Waals surface area (Å²) in [5, 5.41) is 0. The summed E-state index contributed by atoms with van der Waals surface area (Å²) in [4.78, 5) is 0. The molecule has 0 radical (unpaired) electrons. The third-order valence-corrected chi connectivity index (χ3v) is 5.36. The lowest BCUT2D eigenvalue weighted by Crippen LogP contribution is -2.50. The van der Waals surface area contributed by atoms with Crippen LogP contribution < -0.4 is 5.73 Å². The largest absolute Gasteiger partial charge is 0.377 e. The first-order chi connectivity index (χ1) is 8.07. The van der Waals surface area contributed by atoms with E-state index >= 15 is 0 Å². The van der Waals surface area contributed by atoms with Crippen molar-refractivity contribution in [1.29, 1.82) is 0 Å². The molecule has 4 saturated carbocycles. The van der Waals surface area contributed by atoms with Crippen molar-refractivity contribution in [1.82, 2.24) is 0 Å². The molecule has 2 heteroatoms. The van der Waals surface area contributed by atoms with Gasteiger partial charge in [0.15, 0.2) is 0 Å². The van der Waals surface area contributed by atoms with Gasteiger partial charge in [-0.1, -0.05) is 13.8 Å². The fourth-order valence-corrected chi connectivity index (χ4v) is 4.53. The van der Waals surface area contributed by atoms with Crippen LogP contribution in [0.2, 0.25) is 0 Å². The average Bonchev–Trinajstić information content (AvgIpc) is 2.27. The Morgan fingerprint density at radius 1 is 1.00 bits per heavy atom. The van der Waals surface area contributed by atoms with Gasteiger partial charge in [-0.25, -0.2) is 0 Å². The van der Waals surface area contributed by atoms with Crippen LogP contribution in [0, 0.1) is 29.1 Å². The number of rotatable bonds is 4. The first-order valence-electron chi connectivity index (χ1n) is 7.39. The van der Waals surface area contributed by atoms with Gasteiger partial charge in [-0.2, -0.15) is 0 Å². The molecule has 0 aromatic heterocycles. The van der Waals surface area contributed by atoms with Crippen LogP contribution in [0.4, 0.5) is 0 Å². The molecule has 0 spiro atoms. The summed E-state index contributed by atoms with van der Waals surface area (Å²) in [6.45, 7) is 5.99. The van der Waals surface area contributed by atoms with E-state index in [-0.39, 0.29) is 5.41 Å². The highest BCUT2D eigenvalue weighted by molar-refractivity contribution is 4.99. The number of ether oxygens (including phenoxy) is 1. The second-order valence-electron chi connectivity index (χ2n) is 7.57. The number of hydrogen-bond acceptors (Lipinski definition) is 2. The van der Waals surface area contributed by atoms with Crippen molar-refractivity contribution in [2.45, 2.75) is 52.1 Å². The quantitative estimate of drug-likeness (QED) is 0.816. The first kappa shape index (κ1) is 12.0. The Kier molecular flexibility index (Phi) is 2.99. The van der Waals surface area contributed by atoms with E-state index in [4.69, 9.17) is 10.5 Å². The van der Waals surface area contributed by atoms with Gasteiger partial charge in [0, 0.05) is 5.41 Å². The second kappa shape index (κ2) is 4.24. The second-order valence-corrected chi connectivity index (χ2v) is 7.57. The van der Waals surface area contributed by atoms with Crippen LogP contribution in [0.1, 0.15) is 46.0 Å². The van der Waals surface area contributed by atoms with Gasteiger partial charge in [-0.15, -0.1) is 0 Å². The SMILES string of the molecule is CC(C)(CN)COC1C2CC3CC(C2)CC1C3. The van der Waals surface area contributed by atoms with Gasteiger partial charge in [0.05, 0.1) is 12.7 Å². The minimum Gasteiger partial charge on any atom is -0.377 e. The van der Waals surface area contributed by atoms with Gasteiger partial charge in [-0.3, -0.25) is 0 Å². The van der Waals surface area contributed by atoms with Crippen molar-refractivity contribution in [3.63, 3.8) is 0 Å². The maximum Gasteiger partial charge on any atom is 0.0632 e. The van der Waals surface area contributed by atoms with Gasteiger partial charge in [0.25, 0.3) is 0 Å². The van der Waals surface area contributed by atoms with Crippen molar-refractivity contribution in [2.75, 3.05) is 13.2 Å². The molecule has 0 unspecified atom stereocenters. The molecule has 2 N–H and O–H groups in total. The van der Waals surface area contributed by atoms with Crippen LogP contribution in [-0.2, 0) is 4.74 Å². The van der Waals surface area contributed by atoms with Gasteiger partial charge in [0.1, 0.15) is 0 Å². The van der Waals surface area contributed by atoms with Crippen molar-refractivity contribution in [3.05, 3.63) is 0 Å². The monoisotopic (exact) mass is 237 g/mol. The molecule has 4 rings (SSSR count). The van der Waals surface area contributed by atoms with Crippen LogP contribution in [0.3, 0.4) is 0 Å². The highest BCUT2D eigenvalue weighted by Crippen LogP contribution is 2.54. The van der Waals surface area contributed by atoms with E-state index in [1.165, 1.54) is 32.1 Å². The standard InChI is InChI=1S/C15H27NO/c1-15(2,8-16)9-17-14-12-4-10-3-11(6-12)7-13(14)5-10/h10-14H,3-9,16H2,1-2H3. The molecule has 0 saturated heterocycles. The summed E-state index contributed by atoms with van der Waals surface area (Å²) in [7, 11) is 0. The lowest BCUT2D eigenvalue weighted by molar-refractivity contribution is -0.139. The molecule has 4 aliphatic carbocycles. The van der Waals surface area contributed by atoms with Crippen LogP contribution in [0.25, 0.3) is 0 Å². The van der Waals surface area contributed by atoms with Crippen molar-refractivity contribution in [3.8, 4) is 0 Å². The van der Waals surface area contributed by atoms with Gasteiger partial charge in [-0.05, 0) is 62.3 Å². The maximum atomic E-state index is 6.29. The lowest BCUT2D eigenvalue weighted by Gasteiger charge is -2.54. The highest BCUT2D eigenvalue weighted by Gasteiger charge is 2.48. The van der Waals surface area contributed by atoms with Crippen LogP contribution in [0.5, 0.6) is 0 Å². The Morgan fingerprint density at radius 3 is 2.00 bits per heavy atom. The zero-order chi connectivity index (χ0) is 12.0. The molecule has 2 nitrogen and oxygen atoms in total. The Labute approximate surface area is 105 Å². The van der Waals surface area contributed by atoms with E-state index < -0.39 is 0 Å². The van der Waals surface area contributed by atoms with Gasteiger partial charge in [0.2, 0.25) is 0 Å². The number of nitrogens with two attached hydrogens (primary N) is 1. The molecular weight excluding hydrogens is 210 g/mol. The van der Waals surface area contributed by atoms with Gasteiger partial charge >= 0.3 is 0 Å². The molecular formula is C15H27NO. The predicted octanol–water partition coefficient (Wildman–Crippen LogP) is 2.81. The molecule has 17 heavy (non-hydrogen) atoms. The normalized spacial score (nSPS) is 44.3. The highest BCUT2D eigenvalue weighted by atomic mass is 16.5. The minimum atomic E-state index is 0.147. The number of hydrogen-bond donors (Lipinski definition) is 1. The fourth-order valence-electron chi connectivity index (χ4n) is 4.53. The summed E-state index contributed by atoms with van der Waals surface area (Å²) >= 11 is 0. The predicted molar refractivity (Wildman–Crippen MR) is 69.6 cm³/mol. The van der Waals surface area contributed by atoms with Crippen LogP contribution in [-0.4, -0.2) is 19.3 Å². The molecule has 0 aromatic rings. The van der Waals surface area contributed by atoms with Crippen molar-refractivity contribution >= 4 is 0 Å². The van der Waals surface area contributed by atoms with E-state index in [1.807, 2.05) is 0 Å². The van der Waals surface area contributed by atoms with E-state index in [9.17, 15) is 0 Å². The molecule has 0 aromatic carbocycles. The summed E-state index contributed by atoms with van der Waals surface area (Å²) in [6.07, 6.45) is 7.87. The Hall–Kier alpha value is -0.0800. The molecule has 0 atom stereocenters. The molecule has 4 fully saturated rings. The Bertz CT molecular complexity index is 259. The summed E-state index contributed by atoms with van der Waals surface area (Å²) in [5.41, 5.74) is 5.93. The third kappa shape index (κ3) is 2.26. The minimum absolute atomic E-state index is 0.147. The molecule has 4 bridgehead atoms. The average molecular weight is 237 g/mol. The summed E-state index contributed by atoms with van der Waals surface area (Å²) in [5.74, 6) is 3.83. The molecule has 4 aliphatic rings. The fraction of sp³-hybridized carbons (Fsp3) is 1.00. The maximum absolute atomic E-state index is 6.29. The smallest absolute Gasteiger partial charge is 0.0632 e. The van der Waals surface area contributed by atoms with Crippen LogP contribution in [0.15, 0.2) is 0 Å².